The monoisotopic (exact) mass is 341 g/mol. The molecule has 1 atom stereocenters. The number of likely N-dealkylation sites (N-methyl/N-ethyl adjacent to an activating group) is 1. The van der Waals surface area contributed by atoms with Crippen LogP contribution in [0.15, 0.2) is 29.4 Å². The maximum Gasteiger partial charge on any atom is 0.244 e. The number of piperidine rings is 1. The Balaban J connectivity index is 1.99. The van der Waals surface area contributed by atoms with Crippen LogP contribution in [-0.2, 0) is 19.6 Å². The Labute approximate surface area is 137 Å². The molecule has 1 unspecified atom stereocenters. The van der Waals surface area contributed by atoms with Crippen molar-refractivity contribution in [3.8, 4) is 0 Å². The number of carbonyl (C=O) groups excluding carboxylic acids is 1. The third-order valence-corrected chi connectivity index (χ3v) is 5.62. The van der Waals surface area contributed by atoms with Crippen molar-refractivity contribution < 1.29 is 17.9 Å². The normalized spacial score (nSPS) is 19.1. The summed E-state index contributed by atoms with van der Waals surface area (Å²) in [6.45, 7) is 3.52. The summed E-state index contributed by atoms with van der Waals surface area (Å²) >= 11 is 0. The largest absolute Gasteiger partial charge is 0.377 e. The molecule has 1 amide bonds. The van der Waals surface area contributed by atoms with E-state index in [4.69, 9.17) is 4.74 Å². The number of nitrogens with zero attached hydrogens (tertiary/aromatic N) is 3. The van der Waals surface area contributed by atoms with Crippen molar-refractivity contribution >= 4 is 15.9 Å². The number of amides is 1. The van der Waals surface area contributed by atoms with Crippen LogP contribution in [0.3, 0.4) is 0 Å². The Morgan fingerprint density at radius 2 is 2.30 bits per heavy atom. The van der Waals surface area contributed by atoms with Gasteiger partial charge in [-0.3, -0.25) is 9.78 Å². The molecule has 1 fully saturated rings. The molecule has 1 aliphatic rings. The molecule has 8 heteroatoms. The second kappa shape index (κ2) is 7.85. The maximum absolute atomic E-state index is 12.4. The minimum absolute atomic E-state index is 0.0398. The van der Waals surface area contributed by atoms with Crippen LogP contribution in [0.5, 0.6) is 0 Å². The predicted octanol–water partition coefficient (Wildman–Crippen LogP) is 0.730. The summed E-state index contributed by atoms with van der Waals surface area (Å²) in [5.74, 6) is -0.204. The van der Waals surface area contributed by atoms with Gasteiger partial charge in [0.2, 0.25) is 15.9 Å². The van der Waals surface area contributed by atoms with Gasteiger partial charge >= 0.3 is 0 Å². The molecule has 0 radical (unpaired) electrons. The lowest BCUT2D eigenvalue weighted by molar-refractivity contribution is -0.135. The van der Waals surface area contributed by atoms with E-state index in [-0.39, 0.29) is 23.5 Å². The Bertz CT molecular complexity index is 619. The van der Waals surface area contributed by atoms with Crippen molar-refractivity contribution in [1.82, 2.24) is 14.2 Å². The number of ether oxygens (including phenoxy) is 1. The highest BCUT2D eigenvalue weighted by Gasteiger charge is 2.28. The molecule has 1 saturated heterocycles. The Morgan fingerprint density at radius 1 is 1.52 bits per heavy atom. The number of rotatable bonds is 6. The number of pyridine rings is 1. The van der Waals surface area contributed by atoms with Gasteiger partial charge in [0.05, 0.1) is 12.6 Å². The van der Waals surface area contributed by atoms with Gasteiger partial charge in [-0.25, -0.2) is 8.42 Å². The lowest BCUT2D eigenvalue weighted by Gasteiger charge is -2.33. The molecular weight excluding hydrogens is 318 g/mol. The van der Waals surface area contributed by atoms with Crippen LogP contribution >= 0.6 is 0 Å². The molecule has 7 nitrogen and oxygen atoms in total. The first-order valence-electron chi connectivity index (χ1n) is 7.71. The minimum atomic E-state index is -3.70. The van der Waals surface area contributed by atoms with Gasteiger partial charge in [-0.2, -0.15) is 4.31 Å². The average molecular weight is 341 g/mol. The zero-order valence-corrected chi connectivity index (χ0v) is 14.3. The van der Waals surface area contributed by atoms with Gasteiger partial charge in [-0.1, -0.05) is 0 Å². The van der Waals surface area contributed by atoms with E-state index >= 15 is 0 Å². The number of hydrogen-bond donors (Lipinski definition) is 0. The van der Waals surface area contributed by atoms with Gasteiger partial charge in [0.25, 0.3) is 0 Å². The minimum Gasteiger partial charge on any atom is -0.377 e. The van der Waals surface area contributed by atoms with Gasteiger partial charge in [0, 0.05) is 39.1 Å². The van der Waals surface area contributed by atoms with Crippen LogP contribution in [0.25, 0.3) is 0 Å². The molecule has 0 bridgehead atoms. The van der Waals surface area contributed by atoms with E-state index in [1.54, 1.807) is 11.0 Å². The fraction of sp³-hybridized carbons (Fsp3) is 0.600. The topological polar surface area (TPSA) is 79.8 Å². The van der Waals surface area contributed by atoms with Gasteiger partial charge in [0.15, 0.2) is 0 Å². The second-order valence-corrected chi connectivity index (χ2v) is 7.55. The molecule has 1 aromatic rings. The second-order valence-electron chi connectivity index (χ2n) is 5.51. The first kappa shape index (κ1) is 17.8. The maximum atomic E-state index is 12.4. The van der Waals surface area contributed by atoms with Gasteiger partial charge in [-0.15, -0.1) is 0 Å². The molecule has 0 aromatic carbocycles. The van der Waals surface area contributed by atoms with E-state index in [2.05, 4.69) is 4.98 Å². The molecule has 0 spiro atoms. The third kappa shape index (κ3) is 4.49. The van der Waals surface area contributed by atoms with Crippen LogP contribution in [0.1, 0.15) is 19.8 Å². The Hall–Kier alpha value is -1.51. The summed E-state index contributed by atoms with van der Waals surface area (Å²) in [4.78, 5) is 18.0. The zero-order chi connectivity index (χ0) is 16.9. The standard InChI is InChI=1S/C15H23N3O4S/c1-3-22-13-6-5-9-18(11-13)15(19)12-17(2)23(20,21)14-7-4-8-16-10-14/h4,7-8,10,13H,3,5-6,9,11-12H2,1-2H3. The van der Waals surface area contributed by atoms with E-state index in [1.165, 1.54) is 25.5 Å². The number of aromatic nitrogens is 1. The molecule has 0 N–H and O–H groups in total. The van der Waals surface area contributed by atoms with Crippen LogP contribution < -0.4 is 0 Å². The molecule has 0 aliphatic carbocycles. The lowest BCUT2D eigenvalue weighted by atomic mass is 10.1. The van der Waals surface area contributed by atoms with E-state index in [0.717, 1.165) is 17.1 Å². The summed E-state index contributed by atoms with van der Waals surface area (Å²) in [5, 5.41) is 0. The molecule has 128 valence electrons. The van der Waals surface area contributed by atoms with E-state index in [0.29, 0.717) is 19.7 Å². The fourth-order valence-electron chi connectivity index (χ4n) is 2.59. The van der Waals surface area contributed by atoms with Gasteiger partial charge < -0.3 is 9.64 Å². The summed E-state index contributed by atoms with van der Waals surface area (Å²) in [6, 6.07) is 3.02. The van der Waals surface area contributed by atoms with Crippen molar-refractivity contribution in [2.45, 2.75) is 30.8 Å². The smallest absolute Gasteiger partial charge is 0.244 e. The summed E-state index contributed by atoms with van der Waals surface area (Å²) in [7, 11) is -2.30. The molecule has 23 heavy (non-hydrogen) atoms. The highest BCUT2D eigenvalue weighted by Crippen LogP contribution is 2.16. The third-order valence-electron chi connectivity index (χ3n) is 3.83. The Kier molecular flexibility index (Phi) is 6.09. The number of carbonyl (C=O) groups is 1. The van der Waals surface area contributed by atoms with Crippen molar-refractivity contribution in [3.05, 3.63) is 24.5 Å². The summed E-state index contributed by atoms with van der Waals surface area (Å²) in [5.41, 5.74) is 0. The number of likely N-dealkylation sites (tertiary alicyclic amines) is 1. The molecule has 1 aliphatic heterocycles. The Morgan fingerprint density at radius 3 is 2.96 bits per heavy atom. The summed E-state index contributed by atoms with van der Waals surface area (Å²) in [6.07, 6.45) is 4.63. The van der Waals surface area contributed by atoms with Gasteiger partial charge in [0.1, 0.15) is 4.90 Å². The highest BCUT2D eigenvalue weighted by atomic mass is 32.2. The highest BCUT2D eigenvalue weighted by molar-refractivity contribution is 7.89. The molecule has 2 heterocycles. The predicted molar refractivity (Wildman–Crippen MR) is 85.3 cm³/mol. The molecular formula is C15H23N3O4S. The van der Waals surface area contributed by atoms with Crippen molar-refractivity contribution in [2.75, 3.05) is 33.3 Å². The molecule has 1 aromatic heterocycles. The first-order valence-corrected chi connectivity index (χ1v) is 9.15. The van der Waals surface area contributed by atoms with Crippen LogP contribution in [0.4, 0.5) is 0 Å². The number of sulfonamides is 1. The van der Waals surface area contributed by atoms with Crippen molar-refractivity contribution in [3.63, 3.8) is 0 Å². The van der Waals surface area contributed by atoms with Crippen LogP contribution in [0.2, 0.25) is 0 Å². The van der Waals surface area contributed by atoms with Crippen molar-refractivity contribution in [1.29, 1.82) is 0 Å². The van der Waals surface area contributed by atoms with E-state index in [9.17, 15) is 13.2 Å². The quantitative estimate of drug-likeness (QED) is 0.762. The van der Waals surface area contributed by atoms with Crippen LogP contribution in [0, 0.1) is 0 Å². The van der Waals surface area contributed by atoms with Crippen LogP contribution in [-0.4, -0.2) is 67.9 Å². The number of hydrogen-bond acceptors (Lipinski definition) is 5. The van der Waals surface area contributed by atoms with E-state index in [1.807, 2.05) is 6.92 Å². The molecule has 2 rings (SSSR count). The SMILES string of the molecule is CCOC1CCCN(C(=O)CN(C)S(=O)(=O)c2cccnc2)C1. The average Bonchev–Trinajstić information content (AvgIpc) is 2.56. The van der Waals surface area contributed by atoms with Gasteiger partial charge in [-0.05, 0) is 31.9 Å². The van der Waals surface area contributed by atoms with E-state index < -0.39 is 10.0 Å². The zero-order valence-electron chi connectivity index (χ0n) is 13.5. The fourth-order valence-corrected chi connectivity index (χ4v) is 3.68. The lowest BCUT2D eigenvalue weighted by Crippen LogP contribution is -2.47. The van der Waals surface area contributed by atoms with Crippen molar-refractivity contribution in [2.24, 2.45) is 0 Å². The summed E-state index contributed by atoms with van der Waals surface area (Å²) < 4.78 is 31.5. The molecule has 0 saturated carbocycles. The first-order chi connectivity index (χ1) is 10.9.